The summed E-state index contributed by atoms with van der Waals surface area (Å²) < 4.78 is 7.39. The molecule has 0 bridgehead atoms. The molecule has 0 spiro atoms. The van der Waals surface area contributed by atoms with Gasteiger partial charge in [0.1, 0.15) is 11.4 Å². The molecule has 1 aromatic rings. The Balaban J connectivity index is 1.95. The van der Waals surface area contributed by atoms with E-state index in [0.29, 0.717) is 18.5 Å². The van der Waals surface area contributed by atoms with E-state index >= 15 is 0 Å². The Labute approximate surface area is 139 Å². The van der Waals surface area contributed by atoms with Crippen LogP contribution in [0.4, 0.5) is 4.79 Å². The number of hydrogen-bond acceptors (Lipinski definition) is 4. The Hall–Kier alpha value is -1.56. The predicted molar refractivity (Wildman–Crippen MR) is 90.0 cm³/mol. The zero-order valence-corrected chi connectivity index (χ0v) is 15.0. The van der Waals surface area contributed by atoms with Crippen LogP contribution in [0.15, 0.2) is 12.4 Å². The van der Waals surface area contributed by atoms with E-state index in [1.165, 1.54) is 12.8 Å². The van der Waals surface area contributed by atoms with Crippen molar-refractivity contribution in [1.29, 1.82) is 0 Å². The SMILES string of the molecule is CC1CCCN(Cc2nccn2C)C1CNC(=O)OC(C)(C)C. The number of piperidine rings is 1. The van der Waals surface area contributed by atoms with E-state index < -0.39 is 5.60 Å². The number of rotatable bonds is 4. The summed E-state index contributed by atoms with van der Waals surface area (Å²) in [5, 5.41) is 2.93. The van der Waals surface area contributed by atoms with Crippen LogP contribution in [-0.4, -0.2) is 45.3 Å². The summed E-state index contributed by atoms with van der Waals surface area (Å²) in [6.07, 6.45) is 5.84. The van der Waals surface area contributed by atoms with Gasteiger partial charge in [0.15, 0.2) is 0 Å². The van der Waals surface area contributed by atoms with Gasteiger partial charge in [-0.25, -0.2) is 9.78 Å². The summed E-state index contributed by atoms with van der Waals surface area (Å²) in [7, 11) is 2.02. The number of carbonyl (C=O) groups is 1. The minimum atomic E-state index is -0.463. The number of aryl methyl sites for hydroxylation is 1. The highest BCUT2D eigenvalue weighted by Crippen LogP contribution is 2.24. The van der Waals surface area contributed by atoms with Crippen molar-refractivity contribution in [2.75, 3.05) is 13.1 Å². The molecule has 6 nitrogen and oxygen atoms in total. The topological polar surface area (TPSA) is 59.4 Å². The van der Waals surface area contributed by atoms with Crippen LogP contribution in [-0.2, 0) is 18.3 Å². The number of amides is 1. The van der Waals surface area contributed by atoms with E-state index in [9.17, 15) is 4.79 Å². The molecule has 1 aromatic heterocycles. The van der Waals surface area contributed by atoms with Gasteiger partial charge in [-0.1, -0.05) is 6.92 Å². The van der Waals surface area contributed by atoms with E-state index in [2.05, 4.69) is 26.7 Å². The van der Waals surface area contributed by atoms with Crippen LogP contribution in [0.25, 0.3) is 0 Å². The third-order valence-electron chi connectivity index (χ3n) is 4.35. The van der Waals surface area contributed by atoms with Crippen LogP contribution in [0.5, 0.6) is 0 Å². The Bertz CT molecular complexity index is 521. The van der Waals surface area contributed by atoms with Crippen LogP contribution < -0.4 is 5.32 Å². The lowest BCUT2D eigenvalue weighted by atomic mass is 9.90. The molecule has 2 atom stereocenters. The van der Waals surface area contributed by atoms with Crippen LogP contribution in [0.1, 0.15) is 46.4 Å². The van der Waals surface area contributed by atoms with E-state index in [4.69, 9.17) is 4.74 Å². The quantitative estimate of drug-likeness (QED) is 0.925. The van der Waals surface area contributed by atoms with Crippen molar-refractivity contribution in [3.63, 3.8) is 0 Å². The molecule has 2 unspecified atom stereocenters. The highest BCUT2D eigenvalue weighted by atomic mass is 16.6. The van der Waals surface area contributed by atoms with Crippen molar-refractivity contribution in [3.8, 4) is 0 Å². The van der Waals surface area contributed by atoms with Crippen molar-refractivity contribution < 1.29 is 9.53 Å². The number of nitrogens with zero attached hydrogens (tertiary/aromatic N) is 3. The molecular weight excluding hydrogens is 292 g/mol. The minimum Gasteiger partial charge on any atom is -0.444 e. The number of likely N-dealkylation sites (tertiary alicyclic amines) is 1. The van der Waals surface area contributed by atoms with E-state index in [0.717, 1.165) is 18.9 Å². The molecule has 0 saturated carbocycles. The summed E-state index contributed by atoms with van der Waals surface area (Å²) in [4.78, 5) is 18.8. The average molecular weight is 322 g/mol. The first-order valence-corrected chi connectivity index (χ1v) is 8.43. The first-order chi connectivity index (χ1) is 10.8. The van der Waals surface area contributed by atoms with Gasteiger partial charge < -0.3 is 14.6 Å². The summed E-state index contributed by atoms with van der Waals surface area (Å²) in [5.74, 6) is 1.60. The lowest BCUT2D eigenvalue weighted by Gasteiger charge is -2.40. The molecule has 2 heterocycles. The third kappa shape index (κ3) is 5.23. The number of imidazole rings is 1. The second kappa shape index (κ2) is 7.34. The maximum absolute atomic E-state index is 11.9. The molecular formula is C17H30N4O2. The smallest absolute Gasteiger partial charge is 0.407 e. The normalized spacial score (nSPS) is 22.8. The molecule has 2 rings (SSSR count). The van der Waals surface area contributed by atoms with Gasteiger partial charge in [-0.15, -0.1) is 0 Å². The minimum absolute atomic E-state index is 0.313. The van der Waals surface area contributed by atoms with Crippen molar-refractivity contribution in [2.24, 2.45) is 13.0 Å². The molecule has 1 N–H and O–H groups in total. The van der Waals surface area contributed by atoms with Crippen molar-refractivity contribution in [2.45, 2.75) is 58.7 Å². The van der Waals surface area contributed by atoms with Gasteiger partial charge in [0.2, 0.25) is 0 Å². The number of alkyl carbamates (subject to hydrolysis) is 1. The van der Waals surface area contributed by atoms with E-state index in [-0.39, 0.29) is 6.09 Å². The van der Waals surface area contributed by atoms with Crippen LogP contribution >= 0.6 is 0 Å². The number of ether oxygens (including phenoxy) is 1. The van der Waals surface area contributed by atoms with Crippen molar-refractivity contribution in [1.82, 2.24) is 19.8 Å². The van der Waals surface area contributed by atoms with E-state index in [1.54, 1.807) is 0 Å². The number of nitrogens with one attached hydrogen (secondary N) is 1. The summed E-state index contributed by atoms with van der Waals surface area (Å²) in [6.45, 7) is 10.4. The summed E-state index contributed by atoms with van der Waals surface area (Å²) >= 11 is 0. The average Bonchev–Trinajstić information content (AvgIpc) is 2.81. The van der Waals surface area contributed by atoms with Gasteiger partial charge >= 0.3 is 6.09 Å². The largest absolute Gasteiger partial charge is 0.444 e. The number of hydrogen-bond donors (Lipinski definition) is 1. The highest BCUT2D eigenvalue weighted by Gasteiger charge is 2.30. The molecule has 1 saturated heterocycles. The number of aromatic nitrogens is 2. The lowest BCUT2D eigenvalue weighted by molar-refractivity contribution is 0.0452. The van der Waals surface area contributed by atoms with Crippen molar-refractivity contribution >= 4 is 6.09 Å². The maximum atomic E-state index is 11.9. The van der Waals surface area contributed by atoms with Gasteiger partial charge in [0, 0.05) is 32.0 Å². The molecule has 0 aromatic carbocycles. The molecule has 1 amide bonds. The molecule has 130 valence electrons. The molecule has 0 aliphatic carbocycles. The van der Waals surface area contributed by atoms with Gasteiger partial charge in [-0.3, -0.25) is 4.90 Å². The molecule has 1 fully saturated rings. The van der Waals surface area contributed by atoms with Crippen LogP contribution in [0.2, 0.25) is 0 Å². The molecule has 1 aliphatic rings. The fourth-order valence-corrected chi connectivity index (χ4v) is 3.09. The van der Waals surface area contributed by atoms with Gasteiger partial charge in [-0.2, -0.15) is 0 Å². The van der Waals surface area contributed by atoms with Gasteiger partial charge in [0.25, 0.3) is 0 Å². The third-order valence-corrected chi connectivity index (χ3v) is 4.35. The fraction of sp³-hybridized carbons (Fsp3) is 0.765. The summed E-state index contributed by atoms with van der Waals surface area (Å²) in [6, 6.07) is 0.313. The van der Waals surface area contributed by atoms with Crippen LogP contribution in [0.3, 0.4) is 0 Å². The number of carbonyl (C=O) groups excluding carboxylic acids is 1. The standard InChI is InChI=1S/C17H30N4O2/c1-13-7-6-9-21(12-15-18-8-10-20(15)5)14(13)11-19-16(22)23-17(2,3)4/h8,10,13-14H,6-7,9,11-12H2,1-5H3,(H,19,22). The second-order valence-corrected chi connectivity index (χ2v) is 7.49. The van der Waals surface area contributed by atoms with Crippen molar-refractivity contribution in [3.05, 3.63) is 18.2 Å². The maximum Gasteiger partial charge on any atom is 0.407 e. The van der Waals surface area contributed by atoms with E-state index in [1.807, 2.05) is 40.2 Å². The Morgan fingerprint density at radius 2 is 2.22 bits per heavy atom. The van der Waals surface area contributed by atoms with Gasteiger partial charge in [-0.05, 0) is 46.1 Å². The fourth-order valence-electron chi connectivity index (χ4n) is 3.09. The molecule has 0 radical (unpaired) electrons. The highest BCUT2D eigenvalue weighted by molar-refractivity contribution is 5.67. The Kier molecular flexibility index (Phi) is 5.68. The first-order valence-electron chi connectivity index (χ1n) is 8.43. The molecule has 1 aliphatic heterocycles. The zero-order chi connectivity index (χ0) is 17.0. The Morgan fingerprint density at radius 3 is 2.83 bits per heavy atom. The summed E-state index contributed by atoms with van der Waals surface area (Å²) in [5.41, 5.74) is -0.463. The zero-order valence-electron chi connectivity index (χ0n) is 15.0. The predicted octanol–water partition coefficient (Wildman–Crippen LogP) is 2.55. The van der Waals surface area contributed by atoms with Gasteiger partial charge in [0.05, 0.1) is 6.54 Å². The lowest BCUT2D eigenvalue weighted by Crippen LogP contribution is -2.50. The molecule has 23 heavy (non-hydrogen) atoms. The van der Waals surface area contributed by atoms with Crippen LogP contribution in [0, 0.1) is 5.92 Å². The Morgan fingerprint density at radius 1 is 1.48 bits per heavy atom. The first kappa shape index (κ1) is 17.8. The monoisotopic (exact) mass is 322 g/mol. The second-order valence-electron chi connectivity index (χ2n) is 7.49. The molecule has 6 heteroatoms.